The average Bonchev–Trinajstić information content (AvgIpc) is 3.28. The number of ether oxygens (including phenoxy) is 2. The highest BCUT2D eigenvalue weighted by molar-refractivity contribution is 6.01. The van der Waals surface area contributed by atoms with E-state index in [1.165, 1.54) is 7.11 Å². The Balaban J connectivity index is 1.36. The van der Waals surface area contributed by atoms with Crippen LogP contribution in [0.5, 0.6) is 11.8 Å². The van der Waals surface area contributed by atoms with Crippen LogP contribution in [0.3, 0.4) is 0 Å². The molecule has 5 rings (SSSR count). The van der Waals surface area contributed by atoms with Gasteiger partial charge in [-0.3, -0.25) is 4.79 Å². The maximum Gasteiger partial charge on any atom is 0.278 e. The Bertz CT molecular complexity index is 1240. The summed E-state index contributed by atoms with van der Waals surface area (Å²) >= 11 is 0. The summed E-state index contributed by atoms with van der Waals surface area (Å²) in [6.45, 7) is 1.13. The van der Waals surface area contributed by atoms with Crippen molar-refractivity contribution in [2.24, 2.45) is 0 Å². The van der Waals surface area contributed by atoms with Gasteiger partial charge in [0.2, 0.25) is 0 Å². The summed E-state index contributed by atoms with van der Waals surface area (Å²) in [6.07, 6.45) is 4.59. The van der Waals surface area contributed by atoms with Crippen LogP contribution in [-0.4, -0.2) is 52.2 Å². The van der Waals surface area contributed by atoms with Crippen molar-refractivity contribution in [3.63, 3.8) is 0 Å². The van der Waals surface area contributed by atoms with E-state index in [9.17, 15) is 4.79 Å². The maximum atomic E-state index is 13.3. The van der Waals surface area contributed by atoms with Gasteiger partial charge in [0, 0.05) is 30.1 Å². The molecule has 1 unspecified atom stereocenters. The van der Waals surface area contributed by atoms with Crippen LogP contribution in [0.25, 0.3) is 22.2 Å². The van der Waals surface area contributed by atoms with E-state index in [-0.39, 0.29) is 12.0 Å². The molecule has 162 valence electrons. The van der Waals surface area contributed by atoms with E-state index in [2.05, 4.69) is 15.1 Å². The van der Waals surface area contributed by atoms with Crippen molar-refractivity contribution >= 4 is 16.8 Å². The van der Waals surface area contributed by atoms with Gasteiger partial charge < -0.3 is 18.9 Å². The Labute approximate surface area is 184 Å². The van der Waals surface area contributed by atoms with Crippen LogP contribution < -0.4 is 9.47 Å². The van der Waals surface area contributed by atoms with Gasteiger partial charge in [-0.1, -0.05) is 35.5 Å². The number of methoxy groups -OCH3 is 1. The zero-order valence-electron chi connectivity index (χ0n) is 17.6. The van der Waals surface area contributed by atoms with E-state index in [0.717, 1.165) is 29.3 Å². The topological polar surface area (TPSA) is 90.6 Å². The lowest BCUT2D eigenvalue weighted by Crippen LogP contribution is -2.44. The van der Waals surface area contributed by atoms with Crippen molar-refractivity contribution < 1.29 is 18.8 Å². The minimum absolute atomic E-state index is 0.0495. The molecular weight excluding hydrogens is 408 g/mol. The molecule has 1 atom stereocenters. The molecule has 1 saturated heterocycles. The van der Waals surface area contributed by atoms with Gasteiger partial charge >= 0.3 is 0 Å². The second-order valence-corrected chi connectivity index (χ2v) is 7.61. The molecule has 0 aliphatic carbocycles. The van der Waals surface area contributed by atoms with Crippen LogP contribution in [0, 0.1) is 0 Å². The van der Waals surface area contributed by atoms with Gasteiger partial charge in [0.05, 0.1) is 19.0 Å². The van der Waals surface area contributed by atoms with Gasteiger partial charge in [-0.15, -0.1) is 0 Å². The predicted molar refractivity (Wildman–Crippen MR) is 118 cm³/mol. The first-order valence-corrected chi connectivity index (χ1v) is 10.5. The highest BCUT2D eigenvalue weighted by Crippen LogP contribution is 2.30. The first-order chi connectivity index (χ1) is 15.7. The molecule has 1 amide bonds. The summed E-state index contributed by atoms with van der Waals surface area (Å²) in [6, 6.07) is 15.2. The van der Waals surface area contributed by atoms with Crippen molar-refractivity contribution in [3.05, 3.63) is 66.5 Å². The van der Waals surface area contributed by atoms with E-state index < -0.39 is 0 Å². The Kier molecular flexibility index (Phi) is 5.41. The van der Waals surface area contributed by atoms with Gasteiger partial charge in [-0.2, -0.15) is 0 Å². The van der Waals surface area contributed by atoms with Gasteiger partial charge in [0.25, 0.3) is 17.7 Å². The molecule has 0 bridgehead atoms. The van der Waals surface area contributed by atoms with Crippen LogP contribution in [0.1, 0.15) is 23.2 Å². The number of likely N-dealkylation sites (tertiary alicyclic amines) is 1. The van der Waals surface area contributed by atoms with Crippen LogP contribution in [0.2, 0.25) is 0 Å². The first kappa shape index (κ1) is 20.0. The molecule has 3 heterocycles. The molecule has 2 aromatic carbocycles. The lowest BCUT2D eigenvalue weighted by Gasteiger charge is -2.32. The molecule has 8 heteroatoms. The fraction of sp³-hybridized carbons (Fsp3) is 0.250. The average molecular weight is 430 g/mol. The second-order valence-electron chi connectivity index (χ2n) is 7.61. The maximum absolute atomic E-state index is 13.3. The summed E-state index contributed by atoms with van der Waals surface area (Å²) in [5.74, 6) is 1.28. The van der Waals surface area contributed by atoms with Crippen molar-refractivity contribution in [2.45, 2.75) is 18.9 Å². The van der Waals surface area contributed by atoms with Gasteiger partial charge in [0.1, 0.15) is 11.6 Å². The summed E-state index contributed by atoms with van der Waals surface area (Å²) in [7, 11) is 1.53. The normalized spacial score (nSPS) is 16.2. The Morgan fingerprint density at radius 2 is 1.91 bits per heavy atom. The Morgan fingerprint density at radius 1 is 1.09 bits per heavy atom. The molecule has 4 aromatic rings. The van der Waals surface area contributed by atoms with E-state index in [4.69, 9.17) is 14.0 Å². The molecule has 0 saturated carbocycles. The fourth-order valence-electron chi connectivity index (χ4n) is 3.96. The quantitative estimate of drug-likeness (QED) is 0.473. The molecule has 1 aliphatic rings. The Hall–Kier alpha value is -3.94. The molecule has 1 aliphatic heterocycles. The highest BCUT2D eigenvalue weighted by Gasteiger charge is 2.27. The largest absolute Gasteiger partial charge is 0.477 e. The number of carbonyl (C=O) groups is 1. The molecular formula is C24H22N4O4. The zero-order valence-corrected chi connectivity index (χ0v) is 17.6. The minimum Gasteiger partial charge on any atom is -0.477 e. The van der Waals surface area contributed by atoms with Crippen molar-refractivity contribution in [3.8, 4) is 23.1 Å². The summed E-state index contributed by atoms with van der Waals surface area (Å²) < 4.78 is 16.8. The van der Waals surface area contributed by atoms with Crippen LogP contribution >= 0.6 is 0 Å². The van der Waals surface area contributed by atoms with E-state index in [1.54, 1.807) is 18.5 Å². The number of aromatic nitrogens is 3. The highest BCUT2D eigenvalue weighted by atomic mass is 16.5. The second kappa shape index (κ2) is 8.66. The molecule has 0 spiro atoms. The standard InChI is InChI=1S/C24H22N4O4/c1-30-22-23(26-12-11-25-22)31-18-8-5-13-28(15-18)24(29)17-9-10-20-19(14-17)21(32-27-20)16-6-3-2-4-7-16/h2-4,6-7,9-12,14,18H,5,8,13,15H2,1H3. The number of benzene rings is 2. The zero-order chi connectivity index (χ0) is 21.9. The third-order valence-corrected chi connectivity index (χ3v) is 5.53. The van der Waals surface area contributed by atoms with E-state index in [1.807, 2.05) is 47.4 Å². The van der Waals surface area contributed by atoms with Crippen LogP contribution in [0.15, 0.2) is 65.4 Å². The molecule has 1 fully saturated rings. The predicted octanol–water partition coefficient (Wildman–Crippen LogP) is 3.98. The summed E-state index contributed by atoms with van der Waals surface area (Å²) in [4.78, 5) is 23.4. The number of nitrogens with zero attached hydrogens (tertiary/aromatic N) is 4. The van der Waals surface area contributed by atoms with Crippen molar-refractivity contribution in [1.29, 1.82) is 0 Å². The lowest BCUT2D eigenvalue weighted by molar-refractivity contribution is 0.0519. The minimum atomic E-state index is -0.183. The first-order valence-electron chi connectivity index (χ1n) is 10.5. The Morgan fingerprint density at radius 3 is 2.72 bits per heavy atom. The fourth-order valence-corrected chi connectivity index (χ4v) is 3.96. The summed E-state index contributed by atoms with van der Waals surface area (Å²) in [5, 5.41) is 4.95. The molecule has 8 nitrogen and oxygen atoms in total. The number of hydrogen-bond donors (Lipinski definition) is 0. The summed E-state index contributed by atoms with van der Waals surface area (Å²) in [5.41, 5.74) is 2.23. The van der Waals surface area contributed by atoms with Gasteiger partial charge in [0.15, 0.2) is 5.76 Å². The van der Waals surface area contributed by atoms with Crippen molar-refractivity contribution in [1.82, 2.24) is 20.0 Å². The van der Waals surface area contributed by atoms with Gasteiger partial charge in [-0.25, -0.2) is 9.97 Å². The smallest absolute Gasteiger partial charge is 0.278 e. The van der Waals surface area contributed by atoms with Gasteiger partial charge in [-0.05, 0) is 31.0 Å². The number of fused-ring (bicyclic) bond motifs is 1. The number of hydrogen-bond acceptors (Lipinski definition) is 7. The monoisotopic (exact) mass is 430 g/mol. The number of amides is 1. The lowest BCUT2D eigenvalue weighted by atomic mass is 10.0. The van der Waals surface area contributed by atoms with E-state index >= 15 is 0 Å². The number of piperidine rings is 1. The molecule has 0 radical (unpaired) electrons. The molecule has 32 heavy (non-hydrogen) atoms. The molecule has 0 N–H and O–H groups in total. The third kappa shape index (κ3) is 3.87. The third-order valence-electron chi connectivity index (χ3n) is 5.53. The van der Waals surface area contributed by atoms with E-state index in [0.29, 0.717) is 36.2 Å². The SMILES string of the molecule is COc1nccnc1OC1CCCN(C(=O)c2ccc3noc(-c4ccccc4)c3c2)C1. The molecule has 2 aromatic heterocycles. The number of carbonyl (C=O) groups excluding carboxylic acids is 1. The number of rotatable bonds is 5. The van der Waals surface area contributed by atoms with Crippen LogP contribution in [-0.2, 0) is 0 Å². The van der Waals surface area contributed by atoms with Crippen molar-refractivity contribution in [2.75, 3.05) is 20.2 Å². The van der Waals surface area contributed by atoms with Crippen LogP contribution in [0.4, 0.5) is 0 Å².